The highest BCUT2D eigenvalue weighted by molar-refractivity contribution is 5.78. The van der Waals surface area contributed by atoms with E-state index in [1.165, 1.54) is 0 Å². The van der Waals surface area contributed by atoms with Gasteiger partial charge in [-0.2, -0.15) is 0 Å². The summed E-state index contributed by atoms with van der Waals surface area (Å²) in [5, 5.41) is 6.64. The third-order valence-electron chi connectivity index (χ3n) is 5.32. The molecule has 0 saturated carbocycles. The van der Waals surface area contributed by atoms with Gasteiger partial charge in [0.1, 0.15) is 12.1 Å². The molecule has 6 heteroatoms. The predicted octanol–water partition coefficient (Wildman–Crippen LogP) is 4.47. The summed E-state index contributed by atoms with van der Waals surface area (Å²) in [6.45, 7) is 5.24. The first-order valence-electron chi connectivity index (χ1n) is 11.6. The van der Waals surface area contributed by atoms with E-state index in [9.17, 15) is 9.59 Å². The molecule has 0 bridgehead atoms. The van der Waals surface area contributed by atoms with Crippen LogP contribution in [0.15, 0.2) is 84.9 Å². The molecule has 34 heavy (non-hydrogen) atoms. The number of carbonyl (C=O) groups is 2. The van der Waals surface area contributed by atoms with Crippen LogP contribution in [0.3, 0.4) is 0 Å². The van der Waals surface area contributed by atoms with Crippen molar-refractivity contribution in [3.8, 4) is 0 Å². The maximum absolute atomic E-state index is 12.5. The van der Waals surface area contributed by atoms with Crippen molar-refractivity contribution in [1.29, 1.82) is 0 Å². The maximum Gasteiger partial charge on any atom is 0.327 e. The fraction of sp³-hybridized carbons (Fsp3) is 0.286. The van der Waals surface area contributed by atoms with Gasteiger partial charge in [0.15, 0.2) is 0 Å². The van der Waals surface area contributed by atoms with Gasteiger partial charge < -0.3 is 9.47 Å². The Morgan fingerprint density at radius 3 is 1.44 bits per heavy atom. The van der Waals surface area contributed by atoms with Crippen molar-refractivity contribution in [1.82, 2.24) is 10.6 Å². The Labute approximate surface area is 201 Å². The molecular weight excluding hydrogens is 428 g/mol. The van der Waals surface area contributed by atoms with Crippen LogP contribution in [0.1, 0.15) is 48.2 Å². The lowest BCUT2D eigenvalue weighted by molar-refractivity contribution is -0.146. The molecule has 2 atom stereocenters. The molecule has 0 fully saturated rings. The third kappa shape index (κ3) is 7.27. The van der Waals surface area contributed by atoms with E-state index in [1.807, 2.05) is 78.9 Å². The highest BCUT2D eigenvalue weighted by atomic mass is 16.5. The fourth-order valence-corrected chi connectivity index (χ4v) is 3.71. The number of esters is 2. The molecule has 178 valence electrons. The van der Waals surface area contributed by atoms with Crippen molar-refractivity contribution in [2.24, 2.45) is 0 Å². The van der Waals surface area contributed by atoms with Crippen molar-refractivity contribution in [2.45, 2.75) is 39.0 Å². The summed E-state index contributed by atoms with van der Waals surface area (Å²) in [5.74, 6) is -0.599. The normalized spacial score (nSPS) is 12.5. The van der Waals surface area contributed by atoms with E-state index < -0.39 is 12.1 Å². The highest BCUT2D eigenvalue weighted by Crippen LogP contribution is 2.18. The van der Waals surface area contributed by atoms with Crippen LogP contribution < -0.4 is 10.6 Å². The minimum absolute atomic E-state index is 0.299. The first-order chi connectivity index (χ1) is 16.6. The van der Waals surface area contributed by atoms with Gasteiger partial charge in [-0.25, -0.2) is 9.59 Å². The lowest BCUT2D eigenvalue weighted by Crippen LogP contribution is -2.30. The Bertz CT molecular complexity index is 960. The van der Waals surface area contributed by atoms with E-state index >= 15 is 0 Å². The number of carbonyl (C=O) groups excluding carboxylic acids is 2. The van der Waals surface area contributed by atoms with Crippen LogP contribution in [-0.4, -0.2) is 25.2 Å². The van der Waals surface area contributed by atoms with Crippen molar-refractivity contribution in [3.05, 3.63) is 107 Å². The van der Waals surface area contributed by atoms with Gasteiger partial charge in [0.05, 0.1) is 13.2 Å². The molecule has 3 aromatic carbocycles. The zero-order chi connectivity index (χ0) is 24.2. The first-order valence-corrected chi connectivity index (χ1v) is 11.6. The zero-order valence-corrected chi connectivity index (χ0v) is 19.7. The second-order valence-electron chi connectivity index (χ2n) is 7.77. The number of hydrogen-bond donors (Lipinski definition) is 2. The van der Waals surface area contributed by atoms with Crippen molar-refractivity contribution in [3.63, 3.8) is 0 Å². The highest BCUT2D eigenvalue weighted by Gasteiger charge is 2.22. The van der Waals surface area contributed by atoms with E-state index in [2.05, 4.69) is 16.7 Å². The van der Waals surface area contributed by atoms with E-state index in [-0.39, 0.29) is 11.9 Å². The Morgan fingerprint density at radius 2 is 1.06 bits per heavy atom. The summed E-state index contributed by atoms with van der Waals surface area (Å²) in [7, 11) is 0. The van der Waals surface area contributed by atoms with Crippen molar-refractivity contribution < 1.29 is 19.1 Å². The molecule has 0 spiro atoms. The van der Waals surface area contributed by atoms with Gasteiger partial charge in [-0.3, -0.25) is 10.6 Å². The molecule has 0 radical (unpaired) electrons. The molecule has 3 rings (SSSR count). The molecule has 0 aliphatic rings. The lowest BCUT2D eigenvalue weighted by Gasteiger charge is -2.19. The molecule has 0 heterocycles. The van der Waals surface area contributed by atoms with Crippen LogP contribution in [-0.2, 0) is 32.2 Å². The Morgan fingerprint density at radius 1 is 0.647 bits per heavy atom. The molecule has 0 aromatic heterocycles. The van der Waals surface area contributed by atoms with Crippen molar-refractivity contribution in [2.75, 3.05) is 13.2 Å². The number of nitrogens with one attached hydrogen (secondary N) is 2. The third-order valence-corrected chi connectivity index (χ3v) is 5.32. The van der Waals surface area contributed by atoms with Gasteiger partial charge in [-0.05, 0) is 36.1 Å². The van der Waals surface area contributed by atoms with Gasteiger partial charge in [-0.1, -0.05) is 84.9 Å². The van der Waals surface area contributed by atoms with E-state index in [1.54, 1.807) is 13.8 Å². The lowest BCUT2D eigenvalue weighted by atomic mass is 10.0. The van der Waals surface area contributed by atoms with Gasteiger partial charge in [0, 0.05) is 13.1 Å². The maximum atomic E-state index is 12.5. The quantitative estimate of drug-likeness (QED) is 0.388. The number of hydrogen-bond acceptors (Lipinski definition) is 6. The molecule has 0 aliphatic heterocycles. The molecular formula is C28H32N2O4. The van der Waals surface area contributed by atoms with Crippen LogP contribution in [0.4, 0.5) is 0 Å². The second kappa shape index (κ2) is 13.3. The van der Waals surface area contributed by atoms with Gasteiger partial charge in [0.2, 0.25) is 0 Å². The average molecular weight is 461 g/mol. The van der Waals surface area contributed by atoms with E-state index in [4.69, 9.17) is 9.47 Å². The first kappa shape index (κ1) is 25.1. The molecule has 3 aromatic rings. The van der Waals surface area contributed by atoms with Gasteiger partial charge >= 0.3 is 11.9 Å². The molecule has 2 N–H and O–H groups in total. The monoisotopic (exact) mass is 460 g/mol. The molecule has 0 aliphatic carbocycles. The van der Waals surface area contributed by atoms with E-state index in [0.29, 0.717) is 26.3 Å². The molecule has 0 saturated heterocycles. The summed E-state index contributed by atoms with van der Waals surface area (Å²) in [4.78, 5) is 25.0. The Kier molecular flexibility index (Phi) is 9.82. The second-order valence-corrected chi connectivity index (χ2v) is 7.77. The van der Waals surface area contributed by atoms with Gasteiger partial charge in [-0.15, -0.1) is 0 Å². The van der Waals surface area contributed by atoms with Gasteiger partial charge in [0.25, 0.3) is 0 Å². The summed E-state index contributed by atoms with van der Waals surface area (Å²) in [6.07, 6.45) is 0. The van der Waals surface area contributed by atoms with Crippen LogP contribution >= 0.6 is 0 Å². The minimum atomic E-state index is -0.547. The van der Waals surface area contributed by atoms with Crippen LogP contribution in [0, 0.1) is 0 Å². The van der Waals surface area contributed by atoms with Crippen LogP contribution in [0.5, 0.6) is 0 Å². The molecule has 0 unspecified atom stereocenters. The summed E-state index contributed by atoms with van der Waals surface area (Å²) >= 11 is 0. The van der Waals surface area contributed by atoms with E-state index in [0.717, 1.165) is 22.3 Å². The van der Waals surface area contributed by atoms with Crippen LogP contribution in [0.2, 0.25) is 0 Å². The number of benzene rings is 3. The zero-order valence-electron chi connectivity index (χ0n) is 19.7. The minimum Gasteiger partial charge on any atom is -0.465 e. The summed E-state index contributed by atoms with van der Waals surface area (Å²) < 4.78 is 10.5. The largest absolute Gasteiger partial charge is 0.465 e. The summed E-state index contributed by atoms with van der Waals surface area (Å²) in [5.41, 5.74) is 3.77. The topological polar surface area (TPSA) is 76.7 Å². The Balaban J connectivity index is 1.67. The SMILES string of the molecule is CCOC(=O)[C@H](NCc1cccc(CN[C@@H](C(=O)OCC)c2ccccc2)c1)c1ccccc1. The predicted molar refractivity (Wildman–Crippen MR) is 132 cm³/mol. The number of ether oxygens (including phenoxy) is 2. The van der Waals surface area contributed by atoms with Crippen molar-refractivity contribution >= 4 is 11.9 Å². The van der Waals surface area contributed by atoms with Crippen LogP contribution in [0.25, 0.3) is 0 Å². The smallest absolute Gasteiger partial charge is 0.327 e. The Hall–Kier alpha value is -3.48. The molecule has 6 nitrogen and oxygen atoms in total. The summed E-state index contributed by atoms with van der Waals surface area (Å²) in [6, 6.07) is 26.0. The standard InChI is InChI=1S/C28H32N2O4/c1-3-33-27(31)25(23-14-7-5-8-15-23)29-19-21-12-11-13-22(18-21)20-30-26(28(32)34-4-2)24-16-9-6-10-17-24/h5-18,25-26,29-30H,3-4,19-20H2,1-2H3/t25-,26-/m1/s1. The molecule has 0 amide bonds. The average Bonchev–Trinajstić information content (AvgIpc) is 2.86. The number of rotatable bonds is 12. The fourth-order valence-electron chi connectivity index (χ4n) is 3.71.